The zero-order chi connectivity index (χ0) is 9.97. The number of carbonyl (C=O) groups is 1. The molecular weight excluding hydrogens is 178 g/mol. The lowest BCUT2D eigenvalue weighted by Crippen LogP contribution is -2.20. The Kier molecular flexibility index (Phi) is 2.50. The van der Waals surface area contributed by atoms with Gasteiger partial charge in [-0.2, -0.15) is 0 Å². The van der Waals surface area contributed by atoms with Crippen molar-refractivity contribution < 1.29 is 9.90 Å². The van der Waals surface area contributed by atoms with E-state index in [2.05, 4.69) is 5.32 Å². The average molecular weight is 191 g/mol. The molecule has 1 heterocycles. The Balaban J connectivity index is 2.22. The first kappa shape index (κ1) is 9.21. The summed E-state index contributed by atoms with van der Waals surface area (Å²) in [6.45, 7) is 1.34. The number of carboxylic acid groups (broad SMARTS) is 1. The Hall–Kier alpha value is -1.35. The lowest BCUT2D eigenvalue weighted by Gasteiger charge is -2.14. The smallest absolute Gasteiger partial charge is 0.308 e. The maximum atomic E-state index is 10.9. The molecule has 0 aromatic heterocycles. The van der Waals surface area contributed by atoms with Gasteiger partial charge in [-0.3, -0.25) is 4.79 Å². The summed E-state index contributed by atoms with van der Waals surface area (Å²) < 4.78 is 0. The van der Waals surface area contributed by atoms with Crippen LogP contribution in [0, 0.1) is 5.92 Å². The van der Waals surface area contributed by atoms with E-state index in [4.69, 9.17) is 5.11 Å². The van der Waals surface area contributed by atoms with E-state index in [1.165, 1.54) is 0 Å². The van der Waals surface area contributed by atoms with Crippen molar-refractivity contribution in [2.75, 3.05) is 13.1 Å². The molecule has 1 aromatic carbocycles. The molecule has 0 amide bonds. The molecule has 2 atom stereocenters. The third-order valence-electron chi connectivity index (χ3n) is 2.76. The van der Waals surface area contributed by atoms with Gasteiger partial charge in [0.15, 0.2) is 0 Å². The zero-order valence-corrected chi connectivity index (χ0v) is 7.81. The highest BCUT2D eigenvalue weighted by molar-refractivity contribution is 5.72. The molecule has 1 saturated heterocycles. The van der Waals surface area contributed by atoms with E-state index in [0.717, 1.165) is 12.1 Å². The van der Waals surface area contributed by atoms with Crippen LogP contribution in [0.25, 0.3) is 0 Å². The van der Waals surface area contributed by atoms with Gasteiger partial charge in [-0.15, -0.1) is 0 Å². The van der Waals surface area contributed by atoms with Crippen LogP contribution in [-0.2, 0) is 4.79 Å². The van der Waals surface area contributed by atoms with Gasteiger partial charge in [0, 0.05) is 19.0 Å². The summed E-state index contributed by atoms with van der Waals surface area (Å²) in [6, 6.07) is 9.84. The number of aliphatic carboxylic acids is 1. The Bertz CT molecular complexity index is 323. The van der Waals surface area contributed by atoms with Crippen LogP contribution >= 0.6 is 0 Å². The van der Waals surface area contributed by atoms with Crippen LogP contribution in [0.3, 0.4) is 0 Å². The van der Waals surface area contributed by atoms with Crippen molar-refractivity contribution in [2.45, 2.75) is 5.92 Å². The van der Waals surface area contributed by atoms with Crippen molar-refractivity contribution >= 4 is 5.97 Å². The molecule has 2 N–H and O–H groups in total. The SMILES string of the molecule is O=C(O)[C@@H]1CNCC1c1ccccc1. The Morgan fingerprint density at radius 2 is 2.00 bits per heavy atom. The highest BCUT2D eigenvalue weighted by Gasteiger charge is 2.33. The molecule has 0 aliphatic carbocycles. The standard InChI is InChI=1S/C11H13NO2/c13-11(14)10-7-12-6-9(10)8-4-2-1-3-5-8/h1-5,9-10,12H,6-7H2,(H,13,14)/t9?,10-/m1/s1. The summed E-state index contributed by atoms with van der Waals surface area (Å²) >= 11 is 0. The Morgan fingerprint density at radius 3 is 2.64 bits per heavy atom. The molecule has 1 aliphatic rings. The van der Waals surface area contributed by atoms with Crippen molar-refractivity contribution in [2.24, 2.45) is 5.92 Å². The van der Waals surface area contributed by atoms with Gasteiger partial charge in [0.25, 0.3) is 0 Å². The second-order valence-corrected chi connectivity index (χ2v) is 3.62. The van der Waals surface area contributed by atoms with Gasteiger partial charge in [-0.05, 0) is 5.56 Å². The van der Waals surface area contributed by atoms with Gasteiger partial charge < -0.3 is 10.4 Å². The molecular formula is C11H13NO2. The van der Waals surface area contributed by atoms with Crippen LogP contribution in [-0.4, -0.2) is 24.2 Å². The summed E-state index contributed by atoms with van der Waals surface area (Å²) in [7, 11) is 0. The average Bonchev–Trinajstić information content (AvgIpc) is 2.67. The number of carboxylic acids is 1. The molecule has 3 nitrogen and oxygen atoms in total. The maximum absolute atomic E-state index is 10.9. The Morgan fingerprint density at radius 1 is 1.29 bits per heavy atom. The summed E-state index contributed by atoms with van der Waals surface area (Å²) in [4.78, 5) is 10.9. The number of rotatable bonds is 2. The lowest BCUT2D eigenvalue weighted by atomic mass is 9.89. The molecule has 0 saturated carbocycles. The quantitative estimate of drug-likeness (QED) is 0.735. The van der Waals surface area contributed by atoms with Gasteiger partial charge in [-0.1, -0.05) is 30.3 Å². The third-order valence-corrected chi connectivity index (χ3v) is 2.76. The van der Waals surface area contributed by atoms with Gasteiger partial charge in [0.1, 0.15) is 0 Å². The summed E-state index contributed by atoms with van der Waals surface area (Å²) in [6.07, 6.45) is 0. The van der Waals surface area contributed by atoms with Crippen LogP contribution in [0.2, 0.25) is 0 Å². The minimum absolute atomic E-state index is 0.119. The molecule has 0 radical (unpaired) electrons. The zero-order valence-electron chi connectivity index (χ0n) is 7.81. The van der Waals surface area contributed by atoms with Gasteiger partial charge in [0.2, 0.25) is 0 Å². The second kappa shape index (κ2) is 3.80. The highest BCUT2D eigenvalue weighted by atomic mass is 16.4. The topological polar surface area (TPSA) is 49.3 Å². The first-order chi connectivity index (χ1) is 6.79. The number of benzene rings is 1. The molecule has 1 unspecified atom stereocenters. The highest BCUT2D eigenvalue weighted by Crippen LogP contribution is 2.27. The molecule has 74 valence electrons. The normalized spacial score (nSPS) is 26.3. The molecule has 1 fully saturated rings. The lowest BCUT2D eigenvalue weighted by molar-refractivity contribution is -0.141. The van der Waals surface area contributed by atoms with Gasteiger partial charge in [0.05, 0.1) is 5.92 Å². The molecule has 0 bridgehead atoms. The van der Waals surface area contributed by atoms with Crippen LogP contribution in [0.1, 0.15) is 11.5 Å². The summed E-state index contributed by atoms with van der Waals surface area (Å²) in [5.74, 6) is -0.866. The summed E-state index contributed by atoms with van der Waals surface area (Å²) in [5, 5.41) is 12.1. The van der Waals surface area contributed by atoms with Crippen molar-refractivity contribution in [3.05, 3.63) is 35.9 Å². The van der Waals surface area contributed by atoms with E-state index in [9.17, 15) is 4.79 Å². The predicted octanol–water partition coefficient (Wildman–Crippen LogP) is 1.07. The number of hydrogen-bond donors (Lipinski definition) is 2. The fourth-order valence-corrected chi connectivity index (χ4v) is 1.99. The van der Waals surface area contributed by atoms with E-state index < -0.39 is 5.97 Å². The van der Waals surface area contributed by atoms with E-state index >= 15 is 0 Å². The van der Waals surface area contributed by atoms with Crippen LogP contribution < -0.4 is 5.32 Å². The van der Waals surface area contributed by atoms with Crippen LogP contribution in [0.15, 0.2) is 30.3 Å². The van der Waals surface area contributed by atoms with Crippen molar-refractivity contribution in [1.29, 1.82) is 0 Å². The van der Waals surface area contributed by atoms with E-state index in [1.54, 1.807) is 0 Å². The van der Waals surface area contributed by atoms with Crippen molar-refractivity contribution in [3.63, 3.8) is 0 Å². The van der Waals surface area contributed by atoms with Gasteiger partial charge >= 0.3 is 5.97 Å². The second-order valence-electron chi connectivity index (χ2n) is 3.62. The maximum Gasteiger partial charge on any atom is 0.308 e. The largest absolute Gasteiger partial charge is 0.481 e. The minimum Gasteiger partial charge on any atom is -0.481 e. The first-order valence-corrected chi connectivity index (χ1v) is 4.77. The molecule has 14 heavy (non-hydrogen) atoms. The Labute approximate surface area is 82.8 Å². The molecule has 3 heteroatoms. The molecule has 2 rings (SSSR count). The molecule has 1 aliphatic heterocycles. The predicted molar refractivity (Wildman–Crippen MR) is 53.2 cm³/mol. The number of nitrogens with one attached hydrogen (secondary N) is 1. The third kappa shape index (κ3) is 1.63. The van der Waals surface area contributed by atoms with Gasteiger partial charge in [-0.25, -0.2) is 0 Å². The first-order valence-electron chi connectivity index (χ1n) is 4.77. The van der Waals surface area contributed by atoms with Crippen LogP contribution in [0.5, 0.6) is 0 Å². The minimum atomic E-state index is -0.705. The monoisotopic (exact) mass is 191 g/mol. The number of hydrogen-bond acceptors (Lipinski definition) is 2. The summed E-state index contributed by atoms with van der Waals surface area (Å²) in [5.41, 5.74) is 1.12. The van der Waals surface area contributed by atoms with E-state index in [0.29, 0.717) is 6.54 Å². The van der Waals surface area contributed by atoms with Crippen molar-refractivity contribution in [3.8, 4) is 0 Å². The molecule has 1 aromatic rings. The van der Waals surface area contributed by atoms with Crippen LogP contribution in [0.4, 0.5) is 0 Å². The fourth-order valence-electron chi connectivity index (χ4n) is 1.99. The fraction of sp³-hybridized carbons (Fsp3) is 0.364. The van der Waals surface area contributed by atoms with Crippen molar-refractivity contribution in [1.82, 2.24) is 5.32 Å². The van der Waals surface area contributed by atoms with E-state index in [1.807, 2.05) is 30.3 Å². The molecule has 0 spiro atoms. The van der Waals surface area contributed by atoms with E-state index in [-0.39, 0.29) is 11.8 Å².